The monoisotopic (exact) mass is 555 g/mol. The molecule has 0 fully saturated rings. The number of nitrogens with two attached hydrogens (primary N) is 2. The average molecular weight is 556 g/mol. The van der Waals surface area contributed by atoms with Gasteiger partial charge < -0.3 is 25.8 Å². The molecule has 0 amide bonds. The number of Topliss-reactive ketones (excluding diaryl/α,β-unsaturated/α-hetero) is 1. The third-order valence-electron chi connectivity index (χ3n) is 4.12. The number of nitrogens with zero attached hydrogens (tertiary/aromatic N) is 9. The molecule has 0 saturated heterocycles. The molecule has 0 bridgehead atoms. The summed E-state index contributed by atoms with van der Waals surface area (Å²) in [5, 5.41) is 7.93. The first kappa shape index (κ1) is 38.0. The summed E-state index contributed by atoms with van der Waals surface area (Å²) in [6.07, 6.45) is 4.94. The predicted molar refractivity (Wildman–Crippen MR) is 168 cm³/mol. The van der Waals surface area contributed by atoms with Gasteiger partial charge in [0.25, 0.3) is 0 Å². The van der Waals surface area contributed by atoms with E-state index in [0.29, 0.717) is 29.4 Å². The smallest absolute Gasteiger partial charge is 0.202 e. The fourth-order valence-corrected chi connectivity index (χ4v) is 2.57. The van der Waals surface area contributed by atoms with E-state index in [0.717, 1.165) is 11.5 Å². The Morgan fingerprint density at radius 2 is 1.57 bits per heavy atom. The molecule has 0 spiro atoms. The Morgan fingerprint density at radius 1 is 0.975 bits per heavy atom. The Hall–Kier alpha value is -4.19. The average Bonchev–Trinajstić information content (AvgIpc) is 3.33. The van der Waals surface area contributed by atoms with Crippen LogP contribution >= 0.6 is 0 Å². The molecule has 3 aromatic heterocycles. The van der Waals surface area contributed by atoms with E-state index in [2.05, 4.69) is 44.0 Å². The van der Waals surface area contributed by atoms with Gasteiger partial charge in [-0.1, -0.05) is 40.8 Å². The minimum Gasteiger partial charge on any atom is -0.384 e. The van der Waals surface area contributed by atoms with E-state index in [1.54, 1.807) is 53.1 Å². The lowest BCUT2D eigenvalue weighted by Crippen LogP contribution is -2.11. The highest BCUT2D eigenvalue weighted by atomic mass is 16.1. The second-order valence-electron chi connectivity index (χ2n) is 9.28. The van der Waals surface area contributed by atoms with Crippen molar-refractivity contribution in [2.45, 2.75) is 54.6 Å². The van der Waals surface area contributed by atoms with Crippen molar-refractivity contribution >= 4 is 30.1 Å². The standard InChI is InChI=1S/C13H19N5O.C10H13N5.C3H9N.2CH4/c1-17(2)9-14-8-12(19)11-6-5-7-13(16-11)15-10-18(3)4;1-7(2)15-6-12-14-10(15)8-4-3-5-9(11)13-8;1-3(2)4;;/h5-7,9-10H,8H2,1-4H3;3-7H,1-2H3,(H2,11,13);3H,4H2,1-2H3;2*1H4. The molecule has 3 rings (SSSR count). The van der Waals surface area contributed by atoms with Gasteiger partial charge in [-0.05, 0) is 44.2 Å². The summed E-state index contributed by atoms with van der Waals surface area (Å²) in [7, 11) is 7.44. The summed E-state index contributed by atoms with van der Waals surface area (Å²) < 4.78 is 1.96. The Kier molecular flexibility index (Phi) is 18.8. The number of hydrogen-bond donors (Lipinski definition) is 2. The third-order valence-corrected chi connectivity index (χ3v) is 4.12. The fourth-order valence-electron chi connectivity index (χ4n) is 2.57. The number of pyridine rings is 2. The summed E-state index contributed by atoms with van der Waals surface area (Å²) in [5.41, 5.74) is 11.9. The largest absolute Gasteiger partial charge is 0.384 e. The van der Waals surface area contributed by atoms with E-state index in [9.17, 15) is 4.79 Å². The second kappa shape index (κ2) is 19.8. The van der Waals surface area contributed by atoms with E-state index in [-0.39, 0.29) is 27.2 Å². The molecule has 0 atom stereocenters. The zero-order valence-electron chi connectivity index (χ0n) is 23.6. The number of ketones is 1. The van der Waals surface area contributed by atoms with Crippen molar-refractivity contribution in [3.63, 3.8) is 0 Å². The molecule has 222 valence electrons. The van der Waals surface area contributed by atoms with Crippen LogP contribution in [0, 0.1) is 0 Å². The van der Waals surface area contributed by atoms with Crippen molar-refractivity contribution in [2.75, 3.05) is 40.5 Å². The zero-order valence-corrected chi connectivity index (χ0v) is 23.6. The first-order chi connectivity index (χ1) is 17.9. The zero-order chi connectivity index (χ0) is 28.7. The van der Waals surface area contributed by atoms with E-state index in [1.807, 2.05) is 58.7 Å². The van der Waals surface area contributed by atoms with Gasteiger partial charge in [-0.25, -0.2) is 15.0 Å². The molecule has 4 N–H and O–H groups in total. The highest BCUT2D eigenvalue weighted by Crippen LogP contribution is 2.18. The number of aromatic nitrogens is 5. The van der Waals surface area contributed by atoms with Gasteiger partial charge in [-0.15, -0.1) is 10.2 Å². The molecule has 3 aromatic rings. The maximum atomic E-state index is 11.9. The predicted octanol–water partition coefficient (Wildman–Crippen LogP) is 4.20. The third kappa shape index (κ3) is 15.3. The van der Waals surface area contributed by atoms with Crippen molar-refractivity contribution in [2.24, 2.45) is 15.7 Å². The van der Waals surface area contributed by atoms with Crippen LogP contribution in [0.4, 0.5) is 11.6 Å². The van der Waals surface area contributed by atoms with Crippen LogP contribution in [-0.4, -0.2) is 93.8 Å². The fraction of sp³-hybridized carbons (Fsp3) is 0.464. The molecule has 3 heterocycles. The van der Waals surface area contributed by atoms with Crippen LogP contribution in [0.1, 0.15) is 59.1 Å². The molecule has 12 heteroatoms. The molecule has 12 nitrogen and oxygen atoms in total. The minimum atomic E-state index is -0.125. The van der Waals surface area contributed by atoms with Gasteiger partial charge in [0.05, 0.1) is 12.7 Å². The van der Waals surface area contributed by atoms with Crippen LogP contribution in [0.15, 0.2) is 52.7 Å². The van der Waals surface area contributed by atoms with Gasteiger partial charge in [0.1, 0.15) is 30.1 Å². The lowest BCUT2D eigenvalue weighted by molar-refractivity contribution is 0.0997. The molecule has 0 aliphatic carbocycles. The number of rotatable bonds is 8. The second-order valence-corrected chi connectivity index (χ2v) is 9.28. The Balaban J connectivity index is 0. The lowest BCUT2D eigenvalue weighted by atomic mass is 10.2. The van der Waals surface area contributed by atoms with Crippen LogP contribution < -0.4 is 11.5 Å². The molecule has 40 heavy (non-hydrogen) atoms. The Bertz CT molecular complexity index is 1170. The summed E-state index contributed by atoms with van der Waals surface area (Å²) in [5.74, 6) is 1.62. The molecule has 0 saturated carbocycles. The molecule has 0 unspecified atom stereocenters. The van der Waals surface area contributed by atoms with Crippen molar-refractivity contribution in [1.82, 2.24) is 34.5 Å². The number of carbonyl (C=O) groups is 1. The van der Waals surface area contributed by atoms with Crippen molar-refractivity contribution < 1.29 is 4.79 Å². The number of aliphatic imine (C=N–C) groups is 2. The van der Waals surface area contributed by atoms with Crippen LogP contribution in [0.25, 0.3) is 11.5 Å². The van der Waals surface area contributed by atoms with E-state index >= 15 is 0 Å². The van der Waals surface area contributed by atoms with Crippen LogP contribution in [0.3, 0.4) is 0 Å². The molecular formula is C28H49N11O. The first-order valence-electron chi connectivity index (χ1n) is 12.2. The normalized spacial score (nSPS) is 10.3. The molecule has 0 radical (unpaired) electrons. The minimum absolute atomic E-state index is 0. The Labute approximate surface area is 240 Å². The maximum absolute atomic E-state index is 11.9. The van der Waals surface area contributed by atoms with Gasteiger partial charge in [-0.2, -0.15) is 0 Å². The van der Waals surface area contributed by atoms with Gasteiger partial charge in [0, 0.05) is 34.2 Å². The number of carbonyl (C=O) groups excluding carboxylic acids is 1. The summed E-state index contributed by atoms with van der Waals surface area (Å²) in [6.45, 7) is 8.12. The summed E-state index contributed by atoms with van der Waals surface area (Å²) in [4.78, 5) is 32.0. The van der Waals surface area contributed by atoms with Crippen LogP contribution in [-0.2, 0) is 0 Å². The molecule has 0 aliphatic heterocycles. The summed E-state index contributed by atoms with van der Waals surface area (Å²) >= 11 is 0. The van der Waals surface area contributed by atoms with Crippen molar-refractivity contribution in [1.29, 1.82) is 0 Å². The van der Waals surface area contributed by atoms with Crippen LogP contribution in [0.5, 0.6) is 0 Å². The van der Waals surface area contributed by atoms with Gasteiger partial charge in [-0.3, -0.25) is 9.79 Å². The Morgan fingerprint density at radius 3 is 2.12 bits per heavy atom. The van der Waals surface area contributed by atoms with Crippen molar-refractivity contribution in [3.05, 3.63) is 48.4 Å². The van der Waals surface area contributed by atoms with Gasteiger partial charge >= 0.3 is 0 Å². The van der Waals surface area contributed by atoms with E-state index in [1.165, 1.54) is 0 Å². The van der Waals surface area contributed by atoms with E-state index < -0.39 is 0 Å². The van der Waals surface area contributed by atoms with Gasteiger partial charge in [0.2, 0.25) is 5.78 Å². The van der Waals surface area contributed by atoms with Crippen molar-refractivity contribution in [3.8, 4) is 11.5 Å². The molecular weight excluding hydrogens is 506 g/mol. The molecule has 0 aliphatic rings. The van der Waals surface area contributed by atoms with Gasteiger partial charge in [0.15, 0.2) is 11.6 Å². The SMILES string of the molecule is C.C.CC(C)N.CC(C)n1cnnc1-c1cccc(N)n1.CN(C)C=NCC(=O)c1cccc(N=CN(C)C)n1. The number of nitrogen functional groups attached to an aromatic ring is 1. The quantitative estimate of drug-likeness (QED) is 0.236. The molecule has 0 aromatic carbocycles. The van der Waals surface area contributed by atoms with Crippen LogP contribution in [0.2, 0.25) is 0 Å². The first-order valence-corrected chi connectivity index (χ1v) is 12.2. The number of anilines is 1. The highest BCUT2D eigenvalue weighted by molar-refractivity contribution is 5.96. The topological polar surface area (TPSA) is 157 Å². The van der Waals surface area contributed by atoms with E-state index in [4.69, 9.17) is 11.5 Å². The maximum Gasteiger partial charge on any atom is 0.202 e. The highest BCUT2D eigenvalue weighted by Gasteiger charge is 2.10. The number of hydrogen-bond acceptors (Lipinski definition) is 9. The summed E-state index contributed by atoms with van der Waals surface area (Å²) in [6, 6.07) is 11.3. The lowest BCUT2D eigenvalue weighted by Gasteiger charge is -2.09.